The van der Waals surface area contributed by atoms with Crippen LogP contribution in [0.25, 0.3) is 11.1 Å². The number of phenols is 3. The molecule has 612 valence electrons. The zero-order chi connectivity index (χ0) is 82.1. The standard InChI is InChI=1S/C84H94Cl2N6O23/c1-5-7-18-111-50-13-11-48(12-14-50)87-84(110)88-67(100)31-47-28-59(97)71(91-79(106)40(6-2)19-37(3)4)73(101)42-9-16-62(55(85)26-42)112-64-29-46-30-65(78(64)115-83-77(105)76(104)75(103)66(36-93)114-83)113-63-17-10-43(27-56(63)86)74(102)72-82(109)90-70(61(99)34-51-44-21-38-20-39(23-44)24-45(51)22-38)54-32-49(94)33-58(96)68(54)53-25-41(8-15-57(53)95)52(81(108)92-72)35-60(98)69(46)89-80(47)107/h8-17,25-27,29-30,32-33,37-40,44-45,47,51-52,66,69-77,83,93-96,101-105H,5-7,18-24,28,31,34-36H2,1-4H3,(H,89,107)(H,90,109)(H,91,106)(H,92,108)(H2,87,88,100,110)/t38?,39?,40-,44?,45?,47+,51?,52+,66-,69-,70+,71+,72+,73-,74-,75-,76+,77-,83+/m1/s1. The van der Waals surface area contributed by atoms with Crippen LogP contribution in [0.15, 0.2) is 103 Å². The molecule has 6 aromatic rings. The van der Waals surface area contributed by atoms with Gasteiger partial charge in [-0.2, -0.15) is 0 Å². The lowest BCUT2D eigenvalue weighted by Gasteiger charge is -2.54. The largest absolute Gasteiger partial charge is 0.508 e. The van der Waals surface area contributed by atoms with Crippen LogP contribution in [0.3, 0.4) is 0 Å². The fourth-order valence-electron chi connectivity index (χ4n) is 17.5. The Balaban J connectivity index is 0.986. The van der Waals surface area contributed by atoms with E-state index in [2.05, 4.69) is 31.9 Å². The van der Waals surface area contributed by atoms with Crippen molar-refractivity contribution < 1.29 is 113 Å². The number of ether oxygens (including phenoxy) is 5. The van der Waals surface area contributed by atoms with Crippen LogP contribution in [-0.4, -0.2) is 155 Å². The van der Waals surface area contributed by atoms with Gasteiger partial charge < -0.3 is 96.2 Å². The molecular formula is C84H94Cl2N6O23. The molecule has 1 saturated heterocycles. The number of ketones is 3. The van der Waals surface area contributed by atoms with Crippen molar-refractivity contribution in [2.45, 2.75) is 184 Å². The number of rotatable bonds is 18. The number of urea groups is 1. The molecule has 14 atom stereocenters. The van der Waals surface area contributed by atoms with Gasteiger partial charge in [-0.15, -0.1) is 0 Å². The third kappa shape index (κ3) is 18.2. The van der Waals surface area contributed by atoms with Gasteiger partial charge in [0.25, 0.3) is 0 Å². The third-order valence-corrected chi connectivity index (χ3v) is 23.9. The Labute approximate surface area is 671 Å². The number of hydrogen-bond donors (Lipinski definition) is 15. The number of aromatic hydroxyl groups is 3. The first kappa shape index (κ1) is 83.0. The molecule has 4 aliphatic carbocycles. The van der Waals surface area contributed by atoms with Crippen LogP contribution in [0.1, 0.15) is 169 Å². The molecule has 0 spiro atoms. The van der Waals surface area contributed by atoms with Crippen LogP contribution >= 0.6 is 23.2 Å². The highest BCUT2D eigenvalue weighted by molar-refractivity contribution is 6.32. The van der Waals surface area contributed by atoms with Crippen molar-refractivity contribution in [2.24, 2.45) is 47.3 Å². The molecule has 0 aromatic heterocycles. The van der Waals surface area contributed by atoms with Crippen LogP contribution in [0.4, 0.5) is 10.5 Å². The van der Waals surface area contributed by atoms with Gasteiger partial charge in [-0.1, -0.05) is 75.5 Å². The molecule has 6 heterocycles. The monoisotopic (exact) mass is 1620 g/mol. The summed E-state index contributed by atoms with van der Waals surface area (Å²) in [5.74, 6) is -15.5. The Bertz CT molecular complexity index is 4710. The number of benzene rings is 6. The molecule has 29 nitrogen and oxygen atoms in total. The number of hydrogen-bond acceptors (Lipinski definition) is 23. The molecular weight excluding hydrogens is 1530 g/mol. The fourth-order valence-corrected chi connectivity index (χ4v) is 18.0. The Morgan fingerprint density at radius 1 is 0.643 bits per heavy atom. The lowest BCUT2D eigenvalue weighted by Crippen LogP contribution is -2.60. The summed E-state index contributed by atoms with van der Waals surface area (Å²) in [4.78, 5) is 138. The lowest BCUT2D eigenvalue weighted by atomic mass is 9.51. The van der Waals surface area contributed by atoms with Crippen molar-refractivity contribution in [3.63, 3.8) is 0 Å². The maximum Gasteiger partial charge on any atom is 0.325 e. The molecule has 0 radical (unpaired) electrons. The summed E-state index contributed by atoms with van der Waals surface area (Å²) in [6, 6.07) is 12.1. The van der Waals surface area contributed by atoms with Crippen LogP contribution in [0.5, 0.6) is 51.7 Å². The second kappa shape index (κ2) is 35.2. The topological polar surface area (TPSA) is 454 Å². The molecule has 115 heavy (non-hydrogen) atoms. The van der Waals surface area contributed by atoms with Crippen LogP contribution in [-0.2, 0) is 43.1 Å². The first-order chi connectivity index (χ1) is 54.9. The second-order valence-electron chi connectivity index (χ2n) is 31.7. The maximum absolute atomic E-state index is 16.5. The van der Waals surface area contributed by atoms with E-state index in [0.717, 1.165) is 81.3 Å². The van der Waals surface area contributed by atoms with E-state index in [0.29, 0.717) is 30.6 Å². The molecule has 15 N–H and O–H groups in total. The van der Waals surface area contributed by atoms with Gasteiger partial charge in [-0.25, -0.2) is 4.79 Å². The summed E-state index contributed by atoms with van der Waals surface area (Å²) in [7, 11) is 0. The average Bonchev–Trinajstić information content (AvgIpc) is 0.760. The summed E-state index contributed by atoms with van der Waals surface area (Å²) in [5, 5.41) is 120. The zero-order valence-corrected chi connectivity index (χ0v) is 65.0. The number of fused-ring (bicyclic) bond motifs is 15. The van der Waals surface area contributed by atoms with Crippen molar-refractivity contribution >= 4 is 81.8 Å². The summed E-state index contributed by atoms with van der Waals surface area (Å²) in [6.45, 7) is 6.98. The summed E-state index contributed by atoms with van der Waals surface area (Å²) in [5.41, 5.74) is -1.41. The number of carbonyl (C=O) groups excluding carboxylic acids is 9. The lowest BCUT2D eigenvalue weighted by molar-refractivity contribution is -0.277. The van der Waals surface area contributed by atoms with Gasteiger partial charge in [0.15, 0.2) is 28.8 Å². The van der Waals surface area contributed by atoms with E-state index in [4.69, 9.17) is 46.9 Å². The number of aliphatic hydroxyl groups excluding tert-OH is 6. The minimum atomic E-state index is -2.22. The number of Topliss-reactive ketones (excluding diaryl/α,β-unsaturated/α-hetero) is 3. The highest BCUT2D eigenvalue weighted by Gasteiger charge is 2.51. The van der Waals surface area contributed by atoms with E-state index in [1.165, 1.54) is 54.6 Å². The molecule has 7 amide bonds. The van der Waals surface area contributed by atoms with E-state index in [1.807, 2.05) is 20.8 Å². The molecule has 4 saturated carbocycles. The number of anilines is 1. The van der Waals surface area contributed by atoms with Gasteiger partial charge in [-0.3, -0.25) is 43.7 Å². The number of halogens is 2. The number of phenolic OH excluding ortho intramolecular Hbond substituents is 3. The molecule has 15 bridgehead atoms. The van der Waals surface area contributed by atoms with Crippen molar-refractivity contribution in [1.29, 1.82) is 0 Å². The highest BCUT2D eigenvalue weighted by Crippen LogP contribution is 2.58. The van der Waals surface area contributed by atoms with Crippen molar-refractivity contribution in [3.8, 4) is 62.9 Å². The Morgan fingerprint density at radius 3 is 1.90 bits per heavy atom. The quantitative estimate of drug-likeness (QED) is 0.0356. The Hall–Kier alpha value is -9.95. The number of aliphatic hydroxyl groups is 6. The molecule has 10 aliphatic rings. The van der Waals surface area contributed by atoms with E-state index in [9.17, 15) is 60.3 Å². The molecule has 6 aromatic carbocycles. The highest BCUT2D eigenvalue weighted by atomic mass is 35.5. The van der Waals surface area contributed by atoms with Gasteiger partial charge in [0.05, 0.1) is 35.1 Å². The number of carbonyl (C=O) groups is 9. The normalized spacial score (nSPS) is 28.0. The van der Waals surface area contributed by atoms with E-state index >= 15 is 28.8 Å². The van der Waals surface area contributed by atoms with Gasteiger partial charge in [0.2, 0.25) is 41.6 Å². The number of imide groups is 1. The van der Waals surface area contributed by atoms with Crippen molar-refractivity contribution in [1.82, 2.24) is 26.6 Å². The maximum atomic E-state index is 16.5. The average molecular weight is 1630 g/mol. The van der Waals surface area contributed by atoms with Gasteiger partial charge in [0.1, 0.15) is 95.3 Å². The second-order valence-corrected chi connectivity index (χ2v) is 32.5. The summed E-state index contributed by atoms with van der Waals surface area (Å²) in [6.07, 6.45) is -10.2. The number of unbranched alkanes of at least 4 members (excludes halogenated alkanes) is 1. The first-order valence-corrected chi connectivity index (χ1v) is 39.7. The molecule has 6 aliphatic heterocycles. The van der Waals surface area contributed by atoms with Crippen LogP contribution in [0, 0.1) is 47.3 Å². The predicted octanol–water partition coefficient (Wildman–Crippen LogP) is 9.27. The smallest absolute Gasteiger partial charge is 0.325 e. The number of amides is 7. The van der Waals surface area contributed by atoms with Crippen molar-refractivity contribution in [3.05, 3.63) is 141 Å². The van der Waals surface area contributed by atoms with Crippen molar-refractivity contribution in [2.75, 3.05) is 18.5 Å². The minimum absolute atomic E-state index is 0.0391. The molecule has 0 unspecified atom stereocenters. The van der Waals surface area contributed by atoms with Gasteiger partial charge in [-0.05, 0) is 194 Å². The Morgan fingerprint density at radius 2 is 1.29 bits per heavy atom. The fraction of sp³-hybridized carbons (Fsp3) is 0.464. The summed E-state index contributed by atoms with van der Waals surface area (Å²) < 4.78 is 31.3. The third-order valence-electron chi connectivity index (χ3n) is 23.3. The molecule has 16 rings (SSSR count). The zero-order valence-electron chi connectivity index (χ0n) is 63.5. The van der Waals surface area contributed by atoms with E-state index in [1.54, 1.807) is 19.1 Å². The predicted molar refractivity (Wildman–Crippen MR) is 414 cm³/mol. The number of nitrogens with one attached hydrogen (secondary N) is 6. The van der Waals surface area contributed by atoms with Gasteiger partial charge >= 0.3 is 6.03 Å². The summed E-state index contributed by atoms with van der Waals surface area (Å²) >= 11 is 14.3. The Kier molecular flexibility index (Phi) is 25.4. The first-order valence-electron chi connectivity index (χ1n) is 38.9. The molecule has 5 fully saturated rings. The minimum Gasteiger partial charge on any atom is -0.508 e. The van der Waals surface area contributed by atoms with Crippen LogP contribution in [0.2, 0.25) is 10.0 Å². The van der Waals surface area contributed by atoms with Gasteiger partial charge in [0, 0.05) is 54.5 Å². The SMILES string of the molecule is CCCCOc1ccc(NC(=O)NC(=O)C[C@@H]2CC(=O)[C@H](NC(=O)[C@H](CC)CC(C)C)[C@H](O)c3ccc(c(Cl)c3)Oc3cc4cc(c3O[C@@H]3O[C@H](CO)[C@@H](O)[C@H](O)[C@H]3O)Oc3ccc(cc3Cl)[C@@H](O)[C@@H]3NC(=O)[C@@H](CC(=O)[C@@H]4NC2=O)c2ccc(O)c(c2)-c2c(O)cc(O)cc2[C@@H](C(=O)CC2C4CC5CC(C4)CC2C5)NC3=O)cc1. The van der Waals surface area contributed by atoms with E-state index < -0.39 is 198 Å². The molecule has 31 heteroatoms. The van der Waals surface area contributed by atoms with E-state index in [-0.39, 0.29) is 103 Å². The van der Waals surface area contributed by atoms with Crippen LogP contribution < -0.4 is 50.8 Å².